The molecular weight excluding hydrogens is 444 g/mol. The molecule has 0 radical (unpaired) electrons. The van der Waals surface area contributed by atoms with Gasteiger partial charge in [-0.05, 0) is 0 Å². The zero-order valence-corrected chi connectivity index (χ0v) is 24.8. The van der Waals surface area contributed by atoms with Crippen LogP contribution in [-0.2, 0) is 19.4 Å². The van der Waals surface area contributed by atoms with Crippen LogP contribution >= 0.6 is 0 Å². The molecule has 0 aliphatic heterocycles. The molecule has 140 valence electrons. The van der Waals surface area contributed by atoms with Gasteiger partial charge in [0.25, 0.3) is 0 Å². The Morgan fingerprint density at radius 1 is 0.640 bits per heavy atom. The van der Waals surface area contributed by atoms with Crippen LogP contribution in [0.1, 0.15) is 12.8 Å². The van der Waals surface area contributed by atoms with E-state index < -0.39 is 46.0 Å². The summed E-state index contributed by atoms with van der Waals surface area (Å²) in [5.74, 6) is 0. The molecule has 0 unspecified atom stereocenters. The van der Waals surface area contributed by atoms with Gasteiger partial charge in [-0.25, -0.2) is 0 Å². The predicted molar refractivity (Wildman–Crippen MR) is 125 cm³/mol. The van der Waals surface area contributed by atoms with Crippen molar-refractivity contribution in [1.82, 2.24) is 0 Å². The summed E-state index contributed by atoms with van der Waals surface area (Å²) in [7, 11) is -3.78. The van der Waals surface area contributed by atoms with E-state index in [9.17, 15) is 0 Å². The van der Waals surface area contributed by atoms with E-state index in [0.717, 1.165) is 0 Å². The van der Waals surface area contributed by atoms with Crippen molar-refractivity contribution in [2.24, 2.45) is 0 Å². The van der Waals surface area contributed by atoms with Gasteiger partial charge in [0.2, 0.25) is 0 Å². The van der Waals surface area contributed by atoms with Crippen LogP contribution in [0.5, 0.6) is 0 Å². The number of hydrogen-bond donors (Lipinski definition) is 0. The third-order valence-corrected chi connectivity index (χ3v) is 175. The summed E-state index contributed by atoms with van der Waals surface area (Å²) in [6.07, 6.45) is 17.4. The molecule has 0 N–H and O–H groups in total. The van der Waals surface area contributed by atoms with Gasteiger partial charge < -0.3 is 0 Å². The molecule has 0 fully saturated rings. The first-order valence-corrected chi connectivity index (χ1v) is 34.0. The fraction of sp³-hybridized carbons (Fsp3) is 0.600. The van der Waals surface area contributed by atoms with Gasteiger partial charge in [0, 0.05) is 0 Å². The molecule has 0 aromatic heterocycles. The quantitative estimate of drug-likeness (QED) is 0.354. The van der Waals surface area contributed by atoms with Gasteiger partial charge in [-0.15, -0.1) is 0 Å². The van der Waals surface area contributed by atoms with Crippen LogP contribution in [0.25, 0.3) is 0 Å². The zero-order chi connectivity index (χ0) is 19.3. The summed E-state index contributed by atoms with van der Waals surface area (Å²) in [6, 6.07) is 0. The van der Waals surface area contributed by atoms with Gasteiger partial charge >= 0.3 is 165 Å². The first kappa shape index (κ1) is 22.0. The van der Waals surface area contributed by atoms with Crippen LogP contribution in [0, 0.1) is 0 Å². The zero-order valence-electron chi connectivity index (χ0n) is 18.4. The van der Waals surface area contributed by atoms with E-state index >= 15 is 0 Å². The molecule has 2 aliphatic rings. The van der Waals surface area contributed by atoms with Gasteiger partial charge in [-0.2, -0.15) is 0 Å². The summed E-state index contributed by atoms with van der Waals surface area (Å²) >= 11 is -2.67. The Balaban J connectivity index is 2.93. The average molecular weight is 484 g/mol. The van der Waals surface area contributed by atoms with E-state index in [1.807, 2.05) is 6.56 Å². The molecule has 0 spiro atoms. The Labute approximate surface area is 164 Å². The summed E-state index contributed by atoms with van der Waals surface area (Å²) in [5, 5.41) is 0. The standard InChI is InChI=1S/C9H27Si4.2C5H5.CH3.Zr/c1-11(2,3)10(12(4,5)6)13(7,8)9;2*1-2-4-5-3-1;;/h1-9H3;2*1-3H,4H2;1H3;. The summed E-state index contributed by atoms with van der Waals surface area (Å²) in [4.78, 5) is 0. The molecule has 0 aromatic rings. The van der Waals surface area contributed by atoms with E-state index in [1.165, 1.54) is 12.8 Å². The first-order valence-electron chi connectivity index (χ1n) is 9.93. The Morgan fingerprint density at radius 3 is 1.16 bits per heavy atom. The monoisotopic (exact) mass is 482 g/mol. The Kier molecular flexibility index (Phi) is 6.12. The van der Waals surface area contributed by atoms with E-state index in [2.05, 4.69) is 100 Å². The number of allylic oxidation sites excluding steroid dienone is 8. The molecule has 0 amide bonds. The molecule has 5 heteroatoms. The fourth-order valence-electron chi connectivity index (χ4n) is 7.95. The van der Waals surface area contributed by atoms with Crippen molar-refractivity contribution in [1.29, 1.82) is 0 Å². The van der Waals surface area contributed by atoms with Crippen molar-refractivity contribution in [3.05, 3.63) is 43.0 Å². The average Bonchev–Trinajstić information content (AvgIpc) is 3.08. The second-order valence-electron chi connectivity index (χ2n) is 11.3. The van der Waals surface area contributed by atoms with Crippen LogP contribution < -0.4 is 0 Å². The Bertz CT molecular complexity index is 583. The molecule has 2 aliphatic carbocycles. The summed E-state index contributed by atoms with van der Waals surface area (Å²) in [6.45, 7) is 25.1. The molecule has 0 saturated heterocycles. The van der Waals surface area contributed by atoms with Crippen LogP contribution in [0.3, 0.4) is 0 Å². The molecule has 25 heavy (non-hydrogen) atoms. The normalized spacial score (nSPS) is 19.4. The molecule has 0 heterocycles. The SMILES string of the molecule is C[Si](C)(C)[Si]([Si](C)(C)C)([Si](C)(C)C)[Zr]([CH3])([C]1=CC=CC1)[C]1=CC=CC1. The van der Waals surface area contributed by atoms with Gasteiger partial charge in [-0.3, -0.25) is 0 Å². The minimum atomic E-state index is -2.67. The van der Waals surface area contributed by atoms with Crippen molar-refractivity contribution in [3.8, 4) is 0 Å². The maximum absolute atomic E-state index is 2.92. The van der Waals surface area contributed by atoms with Crippen LogP contribution in [0.15, 0.2) is 43.0 Å². The van der Waals surface area contributed by atoms with Gasteiger partial charge in [-0.1, -0.05) is 0 Å². The van der Waals surface area contributed by atoms with Crippen molar-refractivity contribution in [3.63, 3.8) is 0 Å². The molecule has 0 aromatic carbocycles. The number of hydrogen-bond acceptors (Lipinski definition) is 0. The topological polar surface area (TPSA) is 0 Å². The molecular formula is C20H40Si4Zr. The molecule has 2 rings (SSSR count). The second-order valence-corrected chi connectivity index (χ2v) is 82.2. The third kappa shape index (κ3) is 3.24. The predicted octanol–water partition coefficient (Wildman–Crippen LogP) is 7.07. The molecule has 0 atom stereocenters. The molecule has 0 saturated carbocycles. The van der Waals surface area contributed by atoms with Crippen LogP contribution in [-0.4, -0.2) is 26.5 Å². The summed E-state index contributed by atoms with van der Waals surface area (Å²) < 4.78 is 5.47. The minimum absolute atomic E-state index is 1.26. The van der Waals surface area contributed by atoms with E-state index in [4.69, 9.17) is 0 Å². The van der Waals surface area contributed by atoms with Crippen molar-refractivity contribution < 1.29 is 19.4 Å². The summed E-state index contributed by atoms with van der Waals surface area (Å²) in [5.41, 5.74) is 0. The second kappa shape index (κ2) is 6.95. The fourth-order valence-corrected chi connectivity index (χ4v) is 246. The number of rotatable bonds is 6. The van der Waals surface area contributed by atoms with Crippen molar-refractivity contribution in [2.45, 2.75) is 76.4 Å². The molecule has 0 nitrogen and oxygen atoms in total. The van der Waals surface area contributed by atoms with Crippen LogP contribution in [0.2, 0.25) is 63.6 Å². The van der Waals surface area contributed by atoms with Gasteiger partial charge in [0.05, 0.1) is 0 Å². The first-order chi connectivity index (χ1) is 11.2. The van der Waals surface area contributed by atoms with Gasteiger partial charge in [0.1, 0.15) is 0 Å². The van der Waals surface area contributed by atoms with Crippen molar-refractivity contribution >= 4 is 26.5 Å². The van der Waals surface area contributed by atoms with Crippen LogP contribution in [0.4, 0.5) is 0 Å². The van der Waals surface area contributed by atoms with Gasteiger partial charge in [0.15, 0.2) is 0 Å². The van der Waals surface area contributed by atoms with E-state index in [1.54, 1.807) is 0 Å². The molecule has 0 bridgehead atoms. The van der Waals surface area contributed by atoms with Crippen molar-refractivity contribution in [2.75, 3.05) is 0 Å². The maximum atomic E-state index is 2.92. The van der Waals surface area contributed by atoms with E-state index in [-0.39, 0.29) is 0 Å². The Morgan fingerprint density at radius 2 is 0.960 bits per heavy atom. The van der Waals surface area contributed by atoms with E-state index in [0.29, 0.717) is 0 Å². The Hall–Kier alpha value is 0.711. The third-order valence-electron chi connectivity index (χ3n) is 6.95.